The van der Waals surface area contributed by atoms with Gasteiger partial charge in [0.15, 0.2) is 0 Å². The molecule has 122 valence electrons. The van der Waals surface area contributed by atoms with Crippen molar-refractivity contribution in [1.82, 2.24) is 10.4 Å². The van der Waals surface area contributed by atoms with E-state index in [-0.39, 0.29) is 11.5 Å². The second-order valence-electron chi connectivity index (χ2n) is 7.33. The minimum atomic E-state index is -0.514. The Morgan fingerprint density at radius 3 is 2.82 bits per heavy atom. The van der Waals surface area contributed by atoms with Crippen molar-refractivity contribution >= 4 is 11.8 Å². The third-order valence-corrected chi connectivity index (χ3v) is 4.30. The minimum absolute atomic E-state index is 0.0763. The second-order valence-corrected chi connectivity index (χ2v) is 7.33. The van der Waals surface area contributed by atoms with Crippen LogP contribution in [0.25, 0.3) is 0 Å². The number of nitrogens with zero attached hydrogens (tertiary/aromatic N) is 1. The number of hydrogen-bond donors (Lipinski definition) is 2. The van der Waals surface area contributed by atoms with Crippen molar-refractivity contribution in [3.63, 3.8) is 0 Å². The highest BCUT2D eigenvalue weighted by Gasteiger charge is 2.44. The molecule has 1 fully saturated rings. The van der Waals surface area contributed by atoms with Gasteiger partial charge in [-0.05, 0) is 53.0 Å². The van der Waals surface area contributed by atoms with Gasteiger partial charge in [0.25, 0.3) is 0 Å². The summed E-state index contributed by atoms with van der Waals surface area (Å²) in [6, 6.07) is 0.0763. The number of ether oxygens (including phenoxy) is 1. The topological polar surface area (TPSA) is 65.4 Å². The Labute approximate surface area is 132 Å². The van der Waals surface area contributed by atoms with Crippen molar-refractivity contribution in [2.45, 2.75) is 59.1 Å². The summed E-state index contributed by atoms with van der Waals surface area (Å²) in [5, 5.41) is 10.4. The summed E-state index contributed by atoms with van der Waals surface area (Å²) >= 11 is 0. The molecule has 0 radical (unpaired) electrons. The summed E-state index contributed by atoms with van der Waals surface area (Å²) < 4.78 is 5.34. The van der Waals surface area contributed by atoms with Gasteiger partial charge in [0, 0.05) is 23.7 Å². The number of amides is 1. The van der Waals surface area contributed by atoms with Crippen molar-refractivity contribution in [2.24, 2.45) is 5.41 Å². The maximum absolute atomic E-state index is 12.0. The molecule has 2 rings (SSSR count). The van der Waals surface area contributed by atoms with Crippen LogP contribution in [0, 0.1) is 10.8 Å². The predicted octanol–water partition coefficient (Wildman–Crippen LogP) is 3.43. The van der Waals surface area contributed by atoms with E-state index < -0.39 is 11.7 Å². The normalized spacial score (nSPS) is 29.4. The number of rotatable bonds is 2. The largest absolute Gasteiger partial charge is 0.443 e. The maximum Gasteiger partial charge on any atom is 0.422 e. The highest BCUT2D eigenvalue weighted by atomic mass is 16.6. The van der Waals surface area contributed by atoms with Crippen molar-refractivity contribution in [1.29, 1.82) is 5.41 Å². The number of carbonyl (C=O) groups excluding carboxylic acids is 1. The molecule has 0 aromatic heterocycles. The van der Waals surface area contributed by atoms with Crippen LogP contribution in [0.15, 0.2) is 23.8 Å². The van der Waals surface area contributed by atoms with Gasteiger partial charge in [-0.2, -0.15) is 0 Å². The lowest BCUT2D eigenvalue weighted by atomic mass is 9.72. The van der Waals surface area contributed by atoms with Crippen molar-refractivity contribution < 1.29 is 9.53 Å². The third-order valence-electron chi connectivity index (χ3n) is 4.30. The maximum atomic E-state index is 12.0. The summed E-state index contributed by atoms with van der Waals surface area (Å²) in [5.74, 6) is 0. The van der Waals surface area contributed by atoms with Crippen LogP contribution >= 0.6 is 0 Å². The molecule has 2 unspecified atom stereocenters. The first-order chi connectivity index (χ1) is 10.1. The Kier molecular flexibility index (Phi) is 4.47. The first kappa shape index (κ1) is 16.7. The summed E-state index contributed by atoms with van der Waals surface area (Å²) in [4.78, 5) is 12.0. The molecule has 1 aliphatic heterocycles. The standard InChI is InChI=1S/C17H27N3O2/c1-12-8-6-10-17(5,14(12)18)13-9-7-11-20(13)19-15(21)22-16(2,3)4/h6,8,10,13,18H,7,9,11H2,1-5H3,(H,19,21). The van der Waals surface area contributed by atoms with Crippen molar-refractivity contribution in [3.8, 4) is 0 Å². The lowest BCUT2D eigenvalue weighted by Gasteiger charge is -2.40. The zero-order chi connectivity index (χ0) is 16.5. The van der Waals surface area contributed by atoms with E-state index in [1.54, 1.807) is 0 Å². The molecule has 22 heavy (non-hydrogen) atoms. The van der Waals surface area contributed by atoms with Gasteiger partial charge in [0.2, 0.25) is 0 Å². The van der Waals surface area contributed by atoms with Crippen molar-refractivity contribution in [2.75, 3.05) is 6.54 Å². The first-order valence-electron chi connectivity index (χ1n) is 7.85. The molecule has 1 amide bonds. The van der Waals surface area contributed by atoms with Crippen LogP contribution in [0.4, 0.5) is 4.79 Å². The molecule has 0 aromatic rings. The van der Waals surface area contributed by atoms with Crippen LogP contribution in [0.3, 0.4) is 0 Å². The zero-order valence-electron chi connectivity index (χ0n) is 14.2. The molecule has 5 heteroatoms. The van der Waals surface area contributed by atoms with Crippen molar-refractivity contribution in [3.05, 3.63) is 23.8 Å². The molecule has 2 atom stereocenters. The SMILES string of the molecule is CC1=CC=CC(C)(C2CCCN2NC(=O)OC(C)(C)C)C1=N. The van der Waals surface area contributed by atoms with Gasteiger partial charge >= 0.3 is 6.09 Å². The Morgan fingerprint density at radius 2 is 2.18 bits per heavy atom. The number of carbonyl (C=O) groups is 1. The van der Waals surface area contributed by atoms with Crippen LogP contribution in [0.5, 0.6) is 0 Å². The molecule has 0 spiro atoms. The van der Waals surface area contributed by atoms with E-state index >= 15 is 0 Å². The summed E-state index contributed by atoms with van der Waals surface area (Å²) in [5.41, 5.74) is 3.57. The number of nitrogens with one attached hydrogen (secondary N) is 2. The fourth-order valence-corrected chi connectivity index (χ4v) is 3.20. The monoisotopic (exact) mass is 305 g/mol. The molecule has 1 heterocycles. The zero-order valence-corrected chi connectivity index (χ0v) is 14.2. The van der Waals surface area contributed by atoms with E-state index in [4.69, 9.17) is 10.1 Å². The van der Waals surface area contributed by atoms with Gasteiger partial charge in [0.05, 0.1) is 0 Å². The van der Waals surface area contributed by atoms with Gasteiger partial charge in [-0.1, -0.05) is 18.2 Å². The number of hydrazine groups is 1. The molecule has 2 N–H and O–H groups in total. The summed E-state index contributed by atoms with van der Waals surface area (Å²) in [6.07, 6.45) is 7.57. The molecule has 1 aliphatic carbocycles. The van der Waals surface area contributed by atoms with Crippen LogP contribution in [0.2, 0.25) is 0 Å². The molecule has 5 nitrogen and oxygen atoms in total. The Bertz CT molecular complexity index is 531. The van der Waals surface area contributed by atoms with Crippen LogP contribution < -0.4 is 5.43 Å². The fourth-order valence-electron chi connectivity index (χ4n) is 3.20. The van der Waals surface area contributed by atoms with Gasteiger partial charge < -0.3 is 10.1 Å². The van der Waals surface area contributed by atoms with E-state index in [2.05, 4.69) is 18.4 Å². The molecule has 2 aliphatic rings. The van der Waals surface area contributed by atoms with E-state index in [1.807, 2.05) is 44.9 Å². The highest BCUT2D eigenvalue weighted by molar-refractivity contribution is 6.04. The highest BCUT2D eigenvalue weighted by Crippen LogP contribution is 2.38. The van der Waals surface area contributed by atoms with E-state index in [1.165, 1.54) is 0 Å². The van der Waals surface area contributed by atoms with Gasteiger partial charge in [-0.3, -0.25) is 5.43 Å². The molecular formula is C17H27N3O2. The average Bonchev–Trinajstić information content (AvgIpc) is 2.82. The average molecular weight is 305 g/mol. The van der Waals surface area contributed by atoms with Gasteiger partial charge in [0.1, 0.15) is 5.60 Å². The van der Waals surface area contributed by atoms with Crippen LogP contribution in [0.1, 0.15) is 47.5 Å². The first-order valence-corrected chi connectivity index (χ1v) is 7.85. The number of hydrogen-bond acceptors (Lipinski definition) is 4. The quantitative estimate of drug-likeness (QED) is 0.821. The molecule has 1 saturated heterocycles. The van der Waals surface area contributed by atoms with Gasteiger partial charge in [-0.25, -0.2) is 9.80 Å². The second kappa shape index (κ2) is 5.88. The van der Waals surface area contributed by atoms with Gasteiger partial charge in [-0.15, -0.1) is 0 Å². The van der Waals surface area contributed by atoms with Crippen LogP contribution in [-0.2, 0) is 4.74 Å². The smallest absolute Gasteiger partial charge is 0.422 e. The molecule has 0 bridgehead atoms. The fraction of sp³-hybridized carbons (Fsp3) is 0.647. The molecule has 0 aromatic carbocycles. The summed E-state index contributed by atoms with van der Waals surface area (Å²) in [6.45, 7) is 10.4. The number of allylic oxidation sites excluding steroid dienone is 3. The Hall–Kier alpha value is -1.62. The molecular weight excluding hydrogens is 278 g/mol. The lowest BCUT2D eigenvalue weighted by Crippen LogP contribution is -2.54. The Balaban J connectivity index is 2.11. The van der Waals surface area contributed by atoms with Crippen LogP contribution in [-0.4, -0.2) is 35.0 Å². The molecule has 0 saturated carbocycles. The van der Waals surface area contributed by atoms with E-state index in [0.29, 0.717) is 5.71 Å². The summed E-state index contributed by atoms with van der Waals surface area (Å²) in [7, 11) is 0. The van der Waals surface area contributed by atoms with E-state index in [0.717, 1.165) is 25.0 Å². The third kappa shape index (κ3) is 3.40. The van der Waals surface area contributed by atoms with E-state index in [9.17, 15) is 4.79 Å². The Morgan fingerprint density at radius 1 is 1.50 bits per heavy atom. The lowest BCUT2D eigenvalue weighted by molar-refractivity contribution is 0.0257. The minimum Gasteiger partial charge on any atom is -0.443 e. The predicted molar refractivity (Wildman–Crippen MR) is 87.8 cm³/mol.